The van der Waals surface area contributed by atoms with Crippen molar-refractivity contribution in [1.82, 2.24) is 5.32 Å². The largest absolute Gasteiger partial charge is 0.461 e. The van der Waals surface area contributed by atoms with Crippen LogP contribution in [0.2, 0.25) is 0 Å². The van der Waals surface area contributed by atoms with Crippen LogP contribution < -0.4 is 5.32 Å². The number of nitrogens with one attached hydrogen (secondary N) is 1. The number of fused-ring (bicyclic) bond motifs is 1. The Balaban J connectivity index is 1.98. The maximum atomic E-state index is 6.05. The Morgan fingerprint density at radius 3 is 2.81 bits per heavy atom. The molecule has 21 heavy (non-hydrogen) atoms. The summed E-state index contributed by atoms with van der Waals surface area (Å²) < 4.78 is 6.05. The van der Waals surface area contributed by atoms with Gasteiger partial charge in [0.2, 0.25) is 0 Å². The molecule has 1 aromatic heterocycles. The van der Waals surface area contributed by atoms with Crippen LogP contribution in [-0.4, -0.2) is 18.6 Å². The molecular weight excluding hydrogens is 278 g/mol. The summed E-state index contributed by atoms with van der Waals surface area (Å²) in [5.41, 5.74) is 2.40. The molecule has 0 aliphatic rings. The van der Waals surface area contributed by atoms with E-state index in [0.717, 1.165) is 25.1 Å². The molecule has 2 nitrogen and oxygen atoms in total. The Morgan fingerprint density at radius 2 is 2.00 bits per heavy atom. The number of para-hydroxylation sites is 1. The van der Waals surface area contributed by atoms with E-state index in [1.54, 1.807) is 0 Å². The van der Waals surface area contributed by atoms with Crippen LogP contribution in [0.4, 0.5) is 0 Å². The van der Waals surface area contributed by atoms with Gasteiger partial charge in [0.1, 0.15) is 11.3 Å². The second-order valence-electron chi connectivity index (χ2n) is 5.48. The SMILES string of the molecule is CCCCc1oc2ccccc2c1CNCCCCSC. The highest BCUT2D eigenvalue weighted by atomic mass is 32.2. The highest BCUT2D eigenvalue weighted by Crippen LogP contribution is 2.27. The zero-order valence-corrected chi connectivity index (χ0v) is 14.1. The average molecular weight is 305 g/mol. The highest BCUT2D eigenvalue weighted by molar-refractivity contribution is 7.98. The fourth-order valence-corrected chi connectivity index (χ4v) is 3.09. The number of thioether (sulfide) groups is 1. The van der Waals surface area contributed by atoms with Crippen LogP contribution in [0.25, 0.3) is 11.0 Å². The van der Waals surface area contributed by atoms with Gasteiger partial charge in [-0.3, -0.25) is 0 Å². The Morgan fingerprint density at radius 1 is 1.14 bits per heavy atom. The van der Waals surface area contributed by atoms with Crippen molar-refractivity contribution in [2.24, 2.45) is 0 Å². The van der Waals surface area contributed by atoms with Crippen LogP contribution in [0.5, 0.6) is 0 Å². The van der Waals surface area contributed by atoms with Crippen molar-refractivity contribution in [3.8, 4) is 0 Å². The standard InChI is InChI=1S/C18H27NOS/c1-3-4-10-18-16(14-19-12-7-8-13-21-2)15-9-5-6-11-17(15)20-18/h5-6,9,11,19H,3-4,7-8,10,12-14H2,1-2H3. The average Bonchev–Trinajstić information content (AvgIpc) is 2.86. The van der Waals surface area contributed by atoms with E-state index in [1.807, 2.05) is 11.8 Å². The molecule has 2 rings (SSSR count). The van der Waals surface area contributed by atoms with Crippen molar-refractivity contribution in [2.75, 3.05) is 18.6 Å². The Labute approximate surface area is 132 Å². The van der Waals surface area contributed by atoms with E-state index in [2.05, 4.69) is 42.8 Å². The molecule has 0 spiro atoms. The first-order valence-electron chi connectivity index (χ1n) is 8.05. The number of rotatable bonds is 10. The minimum Gasteiger partial charge on any atom is -0.461 e. The van der Waals surface area contributed by atoms with Gasteiger partial charge in [-0.2, -0.15) is 11.8 Å². The molecule has 1 N–H and O–H groups in total. The van der Waals surface area contributed by atoms with Gasteiger partial charge in [-0.1, -0.05) is 31.5 Å². The first-order valence-corrected chi connectivity index (χ1v) is 9.45. The van der Waals surface area contributed by atoms with Gasteiger partial charge in [0.15, 0.2) is 0 Å². The first kappa shape index (κ1) is 16.4. The van der Waals surface area contributed by atoms with Gasteiger partial charge in [0.05, 0.1) is 0 Å². The molecule has 116 valence electrons. The Kier molecular flexibility index (Phi) is 7.17. The molecule has 0 fully saturated rings. The summed E-state index contributed by atoms with van der Waals surface area (Å²) in [7, 11) is 0. The van der Waals surface area contributed by atoms with Crippen LogP contribution in [0.3, 0.4) is 0 Å². The molecule has 2 aromatic rings. The summed E-state index contributed by atoms with van der Waals surface area (Å²) >= 11 is 1.93. The third-order valence-electron chi connectivity index (χ3n) is 3.79. The van der Waals surface area contributed by atoms with E-state index in [9.17, 15) is 0 Å². The first-order chi connectivity index (χ1) is 10.4. The minimum atomic E-state index is 0.926. The fraction of sp³-hybridized carbons (Fsp3) is 0.556. The van der Waals surface area contributed by atoms with Gasteiger partial charge in [0, 0.05) is 23.9 Å². The smallest absolute Gasteiger partial charge is 0.134 e. The van der Waals surface area contributed by atoms with E-state index in [4.69, 9.17) is 4.42 Å². The monoisotopic (exact) mass is 305 g/mol. The van der Waals surface area contributed by atoms with E-state index in [1.165, 1.54) is 48.1 Å². The minimum absolute atomic E-state index is 0.926. The van der Waals surface area contributed by atoms with Gasteiger partial charge in [0.25, 0.3) is 0 Å². The van der Waals surface area contributed by atoms with Crippen LogP contribution in [0.15, 0.2) is 28.7 Å². The second-order valence-corrected chi connectivity index (χ2v) is 6.47. The third-order valence-corrected chi connectivity index (χ3v) is 4.49. The lowest BCUT2D eigenvalue weighted by Crippen LogP contribution is -2.15. The topological polar surface area (TPSA) is 25.2 Å². The number of benzene rings is 1. The fourth-order valence-electron chi connectivity index (χ4n) is 2.59. The lowest BCUT2D eigenvalue weighted by atomic mass is 10.1. The molecule has 0 radical (unpaired) electrons. The summed E-state index contributed by atoms with van der Waals surface area (Å²) in [6.07, 6.45) is 8.17. The molecule has 1 aromatic carbocycles. The molecule has 1 heterocycles. The van der Waals surface area contributed by atoms with Crippen molar-refractivity contribution in [1.29, 1.82) is 0 Å². The summed E-state index contributed by atoms with van der Waals surface area (Å²) in [6.45, 7) is 4.24. The zero-order valence-electron chi connectivity index (χ0n) is 13.3. The van der Waals surface area contributed by atoms with Crippen LogP contribution in [0.1, 0.15) is 43.9 Å². The number of hydrogen-bond donors (Lipinski definition) is 1. The molecule has 0 saturated heterocycles. The van der Waals surface area contributed by atoms with Crippen molar-refractivity contribution >= 4 is 22.7 Å². The predicted octanol–water partition coefficient (Wildman–Crippen LogP) is 5.01. The number of unbranched alkanes of at least 4 members (excludes halogenated alkanes) is 2. The molecule has 3 heteroatoms. The Hall–Kier alpha value is -0.930. The molecule has 0 amide bonds. The summed E-state index contributed by atoms with van der Waals surface area (Å²) in [5.74, 6) is 2.44. The van der Waals surface area contributed by atoms with Gasteiger partial charge in [-0.25, -0.2) is 0 Å². The number of furan rings is 1. The van der Waals surface area contributed by atoms with Crippen LogP contribution in [-0.2, 0) is 13.0 Å². The molecule has 0 aliphatic heterocycles. The van der Waals surface area contributed by atoms with Crippen LogP contribution in [0, 0.1) is 0 Å². The van der Waals surface area contributed by atoms with Gasteiger partial charge in [-0.15, -0.1) is 0 Å². The molecule has 0 saturated carbocycles. The normalized spacial score (nSPS) is 11.3. The quantitative estimate of drug-likeness (QED) is 0.625. The van der Waals surface area contributed by atoms with E-state index in [0.29, 0.717) is 0 Å². The zero-order chi connectivity index (χ0) is 14.9. The molecular formula is C18H27NOS. The summed E-state index contributed by atoms with van der Waals surface area (Å²) in [5, 5.41) is 4.86. The van der Waals surface area contributed by atoms with Crippen molar-refractivity contribution < 1.29 is 4.42 Å². The van der Waals surface area contributed by atoms with Gasteiger partial charge >= 0.3 is 0 Å². The van der Waals surface area contributed by atoms with Crippen LogP contribution >= 0.6 is 11.8 Å². The van der Waals surface area contributed by atoms with Crippen molar-refractivity contribution in [3.63, 3.8) is 0 Å². The second kappa shape index (κ2) is 9.16. The number of aryl methyl sites for hydroxylation is 1. The maximum absolute atomic E-state index is 6.05. The maximum Gasteiger partial charge on any atom is 0.134 e. The lowest BCUT2D eigenvalue weighted by molar-refractivity contribution is 0.524. The van der Waals surface area contributed by atoms with E-state index in [-0.39, 0.29) is 0 Å². The van der Waals surface area contributed by atoms with Crippen molar-refractivity contribution in [3.05, 3.63) is 35.6 Å². The Bertz CT molecular complexity index is 535. The van der Waals surface area contributed by atoms with Gasteiger partial charge in [-0.05, 0) is 43.9 Å². The molecule has 0 atom stereocenters. The van der Waals surface area contributed by atoms with E-state index < -0.39 is 0 Å². The number of hydrogen-bond acceptors (Lipinski definition) is 3. The third kappa shape index (κ3) is 4.79. The summed E-state index contributed by atoms with van der Waals surface area (Å²) in [6, 6.07) is 8.41. The van der Waals surface area contributed by atoms with Gasteiger partial charge < -0.3 is 9.73 Å². The summed E-state index contributed by atoms with van der Waals surface area (Å²) in [4.78, 5) is 0. The highest BCUT2D eigenvalue weighted by Gasteiger charge is 2.12. The molecule has 0 unspecified atom stereocenters. The lowest BCUT2D eigenvalue weighted by Gasteiger charge is -2.06. The predicted molar refractivity (Wildman–Crippen MR) is 94.1 cm³/mol. The molecule has 0 bridgehead atoms. The van der Waals surface area contributed by atoms with E-state index >= 15 is 0 Å². The molecule has 0 aliphatic carbocycles. The van der Waals surface area contributed by atoms with Crippen molar-refractivity contribution in [2.45, 2.75) is 45.6 Å².